The van der Waals surface area contributed by atoms with Crippen LogP contribution in [0.3, 0.4) is 0 Å². The molecular weight excluding hydrogens is 254 g/mol. The lowest BCUT2D eigenvalue weighted by atomic mass is 9.72. The third-order valence-electron chi connectivity index (χ3n) is 5.05. The van der Waals surface area contributed by atoms with Gasteiger partial charge in [-0.1, -0.05) is 52.0 Å². The summed E-state index contributed by atoms with van der Waals surface area (Å²) >= 11 is 0. The maximum Gasteiger partial charge on any atom is 0.0348 e. The number of nitrogens with one attached hydrogen (secondary N) is 1. The van der Waals surface area contributed by atoms with Crippen molar-refractivity contribution in [2.45, 2.75) is 65.8 Å². The van der Waals surface area contributed by atoms with Gasteiger partial charge in [0.05, 0.1) is 0 Å². The van der Waals surface area contributed by atoms with E-state index in [-0.39, 0.29) is 0 Å². The number of hydrogen-bond donors (Lipinski definition) is 1. The molecule has 1 aliphatic carbocycles. The van der Waals surface area contributed by atoms with Crippen molar-refractivity contribution in [1.29, 1.82) is 0 Å². The topological polar surface area (TPSA) is 12.0 Å². The van der Waals surface area contributed by atoms with Crippen LogP contribution in [0.25, 0.3) is 0 Å². The number of aryl methyl sites for hydroxylation is 1. The molecule has 0 aliphatic heterocycles. The quantitative estimate of drug-likeness (QED) is 0.742. The third kappa shape index (κ3) is 4.57. The molecule has 1 fully saturated rings. The first kappa shape index (κ1) is 16.5. The van der Waals surface area contributed by atoms with Crippen molar-refractivity contribution in [2.24, 2.45) is 17.8 Å². The minimum absolute atomic E-state index is 0.543. The first-order valence-electron chi connectivity index (χ1n) is 8.96. The van der Waals surface area contributed by atoms with Crippen LogP contribution in [0.5, 0.6) is 0 Å². The van der Waals surface area contributed by atoms with Crippen LogP contribution in [-0.4, -0.2) is 6.54 Å². The second-order valence-corrected chi connectivity index (χ2v) is 7.20. The molecule has 1 aliphatic rings. The maximum atomic E-state index is 3.83. The van der Waals surface area contributed by atoms with E-state index in [0.29, 0.717) is 6.04 Å². The summed E-state index contributed by atoms with van der Waals surface area (Å²) in [7, 11) is 0. The number of rotatable bonds is 6. The fourth-order valence-corrected chi connectivity index (χ4v) is 4.10. The van der Waals surface area contributed by atoms with Crippen LogP contribution < -0.4 is 5.32 Å². The van der Waals surface area contributed by atoms with Crippen LogP contribution in [0, 0.1) is 17.8 Å². The van der Waals surface area contributed by atoms with Gasteiger partial charge < -0.3 is 5.32 Å². The molecule has 0 aromatic heterocycles. The van der Waals surface area contributed by atoms with Gasteiger partial charge in [-0.05, 0) is 67.5 Å². The molecule has 1 aromatic rings. The highest BCUT2D eigenvalue weighted by Crippen LogP contribution is 2.39. The van der Waals surface area contributed by atoms with E-state index in [9.17, 15) is 0 Å². The van der Waals surface area contributed by atoms with Gasteiger partial charge in [-0.15, -0.1) is 0 Å². The molecule has 0 bridgehead atoms. The van der Waals surface area contributed by atoms with Crippen LogP contribution in [0.1, 0.15) is 70.5 Å². The smallest absolute Gasteiger partial charge is 0.0348 e. The van der Waals surface area contributed by atoms with Crippen molar-refractivity contribution >= 4 is 0 Å². The monoisotopic (exact) mass is 287 g/mol. The van der Waals surface area contributed by atoms with Crippen molar-refractivity contribution in [3.63, 3.8) is 0 Å². The number of hydrogen-bond acceptors (Lipinski definition) is 1. The van der Waals surface area contributed by atoms with Crippen molar-refractivity contribution in [3.05, 3.63) is 35.4 Å². The van der Waals surface area contributed by atoms with Crippen LogP contribution in [0.4, 0.5) is 0 Å². The molecule has 1 saturated carbocycles. The molecule has 0 spiro atoms. The van der Waals surface area contributed by atoms with E-state index in [1.165, 1.54) is 36.8 Å². The summed E-state index contributed by atoms with van der Waals surface area (Å²) in [6.45, 7) is 10.5. The van der Waals surface area contributed by atoms with E-state index >= 15 is 0 Å². The summed E-state index contributed by atoms with van der Waals surface area (Å²) in [5.41, 5.74) is 2.94. The highest BCUT2D eigenvalue weighted by Gasteiger charge is 2.30. The normalized spacial score (nSPS) is 27.5. The first-order valence-corrected chi connectivity index (χ1v) is 8.96. The standard InChI is InChI=1S/C20H33N/c1-5-11-21-20(18-9-7-17(6-2)8-10-18)19-13-15(3)12-16(4)14-19/h7-10,15-16,19-21H,5-6,11-14H2,1-4H3. The zero-order valence-electron chi connectivity index (χ0n) is 14.4. The first-order chi connectivity index (χ1) is 10.1. The van der Waals surface area contributed by atoms with E-state index in [1.807, 2.05) is 0 Å². The minimum atomic E-state index is 0.543. The second kappa shape index (κ2) is 7.98. The molecule has 0 radical (unpaired) electrons. The fraction of sp³-hybridized carbons (Fsp3) is 0.700. The molecule has 0 heterocycles. The summed E-state index contributed by atoms with van der Waals surface area (Å²) in [6.07, 6.45) is 6.50. The van der Waals surface area contributed by atoms with Crippen LogP contribution in [0.2, 0.25) is 0 Å². The average Bonchev–Trinajstić information content (AvgIpc) is 2.47. The van der Waals surface area contributed by atoms with Gasteiger partial charge in [-0.2, -0.15) is 0 Å². The van der Waals surface area contributed by atoms with E-state index in [0.717, 1.165) is 30.7 Å². The summed E-state index contributed by atoms with van der Waals surface area (Å²) in [5, 5.41) is 3.83. The molecular formula is C20H33N. The summed E-state index contributed by atoms with van der Waals surface area (Å²) in [5.74, 6) is 2.54. The minimum Gasteiger partial charge on any atom is -0.310 e. The lowest BCUT2D eigenvalue weighted by Gasteiger charge is -2.37. The second-order valence-electron chi connectivity index (χ2n) is 7.20. The number of benzene rings is 1. The summed E-state index contributed by atoms with van der Waals surface area (Å²) in [4.78, 5) is 0. The Morgan fingerprint density at radius 3 is 2.14 bits per heavy atom. The Labute approximate surface area is 131 Å². The highest BCUT2D eigenvalue weighted by molar-refractivity contribution is 5.25. The van der Waals surface area contributed by atoms with Gasteiger partial charge in [0.2, 0.25) is 0 Å². The lowest BCUT2D eigenvalue weighted by molar-refractivity contribution is 0.176. The molecule has 2 rings (SSSR count). The van der Waals surface area contributed by atoms with Gasteiger partial charge in [0.15, 0.2) is 0 Å². The molecule has 3 unspecified atom stereocenters. The van der Waals surface area contributed by atoms with Gasteiger partial charge in [0, 0.05) is 6.04 Å². The average molecular weight is 287 g/mol. The van der Waals surface area contributed by atoms with Crippen LogP contribution >= 0.6 is 0 Å². The summed E-state index contributed by atoms with van der Waals surface area (Å²) in [6, 6.07) is 9.88. The molecule has 1 heteroatoms. The molecule has 0 saturated heterocycles. The SMILES string of the molecule is CCCNC(c1ccc(CC)cc1)C1CC(C)CC(C)C1. The van der Waals surface area contributed by atoms with E-state index in [1.54, 1.807) is 0 Å². The Morgan fingerprint density at radius 2 is 1.62 bits per heavy atom. The Balaban J connectivity index is 2.15. The Morgan fingerprint density at radius 1 is 1.00 bits per heavy atom. The van der Waals surface area contributed by atoms with Crippen LogP contribution in [-0.2, 0) is 6.42 Å². The molecule has 118 valence electrons. The Hall–Kier alpha value is -0.820. The lowest BCUT2D eigenvalue weighted by Crippen LogP contribution is -2.33. The molecule has 3 atom stereocenters. The molecule has 1 N–H and O–H groups in total. The Bertz CT molecular complexity index is 398. The molecule has 1 nitrogen and oxygen atoms in total. The summed E-state index contributed by atoms with van der Waals surface area (Å²) < 4.78 is 0. The highest BCUT2D eigenvalue weighted by atomic mass is 14.9. The van der Waals surface area contributed by atoms with E-state index < -0.39 is 0 Å². The predicted molar refractivity (Wildman–Crippen MR) is 92.5 cm³/mol. The van der Waals surface area contributed by atoms with Gasteiger partial charge in [-0.3, -0.25) is 0 Å². The molecule has 0 amide bonds. The van der Waals surface area contributed by atoms with Gasteiger partial charge in [0.1, 0.15) is 0 Å². The molecule has 1 aromatic carbocycles. The van der Waals surface area contributed by atoms with Crippen molar-refractivity contribution in [3.8, 4) is 0 Å². The van der Waals surface area contributed by atoms with Crippen molar-refractivity contribution in [2.75, 3.05) is 6.54 Å². The van der Waals surface area contributed by atoms with Crippen LogP contribution in [0.15, 0.2) is 24.3 Å². The fourth-order valence-electron chi connectivity index (χ4n) is 4.10. The van der Waals surface area contributed by atoms with E-state index in [2.05, 4.69) is 57.3 Å². The van der Waals surface area contributed by atoms with Crippen molar-refractivity contribution < 1.29 is 0 Å². The van der Waals surface area contributed by atoms with Gasteiger partial charge in [0.25, 0.3) is 0 Å². The van der Waals surface area contributed by atoms with E-state index in [4.69, 9.17) is 0 Å². The largest absolute Gasteiger partial charge is 0.310 e. The van der Waals surface area contributed by atoms with Gasteiger partial charge in [-0.25, -0.2) is 0 Å². The maximum absolute atomic E-state index is 3.83. The van der Waals surface area contributed by atoms with Crippen molar-refractivity contribution in [1.82, 2.24) is 5.32 Å². The zero-order valence-corrected chi connectivity index (χ0v) is 14.4. The van der Waals surface area contributed by atoms with Gasteiger partial charge >= 0.3 is 0 Å². The third-order valence-corrected chi connectivity index (χ3v) is 5.05. The zero-order chi connectivity index (χ0) is 15.2. The molecule has 21 heavy (non-hydrogen) atoms. The Kier molecular flexibility index (Phi) is 6.29. The predicted octanol–water partition coefficient (Wildman–Crippen LogP) is 5.36.